The van der Waals surface area contributed by atoms with Gasteiger partial charge in [0.15, 0.2) is 9.84 Å². The number of likely N-dealkylation sites (tertiary alicyclic amines) is 1. The molecule has 0 saturated carbocycles. The van der Waals surface area contributed by atoms with Crippen LogP contribution in [0.2, 0.25) is 0 Å². The molecule has 0 unspecified atom stereocenters. The molecule has 1 aromatic carbocycles. The van der Waals surface area contributed by atoms with Crippen molar-refractivity contribution in [1.29, 1.82) is 0 Å². The summed E-state index contributed by atoms with van der Waals surface area (Å²) in [5, 5.41) is 10.7. The third-order valence-corrected chi connectivity index (χ3v) is 9.93. The van der Waals surface area contributed by atoms with Gasteiger partial charge in [-0.15, -0.1) is 0 Å². The highest BCUT2D eigenvalue weighted by atomic mass is 32.2. The fourth-order valence-corrected chi connectivity index (χ4v) is 7.33. The lowest BCUT2D eigenvalue weighted by molar-refractivity contribution is -0.385. The lowest BCUT2D eigenvalue weighted by Crippen LogP contribution is -2.33. The first kappa shape index (κ1) is 30.4. The molecule has 0 spiro atoms. The first-order valence-corrected chi connectivity index (χ1v) is 16.2. The molecule has 0 aromatic heterocycles. The number of benzene rings is 1. The Morgan fingerprint density at radius 2 is 1.47 bits per heavy atom. The smallest absolute Gasteiger partial charge is 0.270 e. The number of nitro groups is 1. The van der Waals surface area contributed by atoms with Crippen LogP contribution in [0.1, 0.15) is 38.5 Å². The third-order valence-electron chi connectivity index (χ3n) is 6.03. The maximum atomic E-state index is 13.8. The van der Waals surface area contributed by atoms with E-state index in [4.69, 9.17) is 9.11 Å². The first-order valence-electron chi connectivity index (χ1n) is 11.5. The van der Waals surface area contributed by atoms with Gasteiger partial charge in [-0.3, -0.25) is 19.2 Å². The quantitative estimate of drug-likeness (QED) is 0.209. The highest BCUT2D eigenvalue weighted by Crippen LogP contribution is 2.35. The summed E-state index contributed by atoms with van der Waals surface area (Å²) in [5.74, 6) is -1.24. The fraction of sp³-hybridized carbons (Fsp3) is 0.700. The number of hydrogen-bond acceptors (Lipinski definition) is 10. The lowest BCUT2D eigenvalue weighted by Gasteiger charge is -2.29. The van der Waals surface area contributed by atoms with E-state index < -0.39 is 57.4 Å². The average Bonchev–Trinajstić information content (AvgIpc) is 2.73. The van der Waals surface area contributed by atoms with E-state index in [2.05, 4.69) is 4.90 Å². The summed E-state index contributed by atoms with van der Waals surface area (Å²) in [6.07, 6.45) is 1.74. The van der Waals surface area contributed by atoms with Crippen molar-refractivity contribution >= 4 is 41.4 Å². The summed E-state index contributed by atoms with van der Waals surface area (Å²) >= 11 is 0. The molecule has 16 heteroatoms. The predicted molar refractivity (Wildman–Crippen MR) is 134 cm³/mol. The predicted octanol–water partition coefficient (Wildman–Crippen LogP) is 1.61. The van der Waals surface area contributed by atoms with Gasteiger partial charge in [-0.1, -0.05) is 0 Å². The van der Waals surface area contributed by atoms with Gasteiger partial charge in [0.05, 0.1) is 32.3 Å². The van der Waals surface area contributed by atoms with Gasteiger partial charge in [-0.2, -0.15) is 16.8 Å². The van der Waals surface area contributed by atoms with Crippen LogP contribution in [0.25, 0.3) is 0 Å². The number of sulfone groups is 1. The van der Waals surface area contributed by atoms with E-state index >= 15 is 0 Å². The zero-order chi connectivity index (χ0) is 27.1. The fourth-order valence-electron chi connectivity index (χ4n) is 4.26. The van der Waals surface area contributed by atoms with Crippen molar-refractivity contribution in [3.05, 3.63) is 28.3 Å². The lowest BCUT2D eigenvalue weighted by atomic mass is 10.1. The molecular formula is C20H33N3O10S3. The highest BCUT2D eigenvalue weighted by Gasteiger charge is 2.33. The van der Waals surface area contributed by atoms with Crippen LogP contribution < -0.4 is 4.90 Å². The van der Waals surface area contributed by atoms with Gasteiger partial charge in [0.1, 0.15) is 0 Å². The standard InChI is InChI=1S/C20H33N3O10S3/c1-21-10-2-6-18(7-3-11-21)36(32,33)20-16-17(23(24)25)8-9-19(20)22(12-4-14-34(26,27)28)13-5-15-35(29,30)31/h8-9,16,18H,2-7,10-15H2,1H3,(H,26,27,28)(H,29,30,31). The number of rotatable bonds is 12. The van der Waals surface area contributed by atoms with Crippen molar-refractivity contribution in [3.8, 4) is 0 Å². The van der Waals surface area contributed by atoms with E-state index in [1.807, 2.05) is 7.05 Å². The second-order valence-corrected chi connectivity index (χ2v) is 14.3. The second-order valence-electron chi connectivity index (χ2n) is 8.93. The minimum absolute atomic E-state index is 0.0745. The molecule has 1 saturated heterocycles. The molecule has 2 rings (SSSR count). The van der Waals surface area contributed by atoms with Gasteiger partial charge in [0.2, 0.25) is 0 Å². The van der Waals surface area contributed by atoms with Crippen molar-refractivity contribution in [2.75, 3.05) is 49.6 Å². The van der Waals surface area contributed by atoms with Crippen molar-refractivity contribution in [3.63, 3.8) is 0 Å². The Hall–Kier alpha value is -1.85. The Bertz CT molecular complexity index is 1190. The zero-order valence-corrected chi connectivity index (χ0v) is 22.5. The summed E-state index contributed by atoms with van der Waals surface area (Å²) in [7, 11) is -10.7. The molecule has 1 aliphatic heterocycles. The van der Waals surface area contributed by atoms with Gasteiger partial charge in [0, 0.05) is 25.2 Å². The number of nitrogens with zero attached hydrogens (tertiary/aromatic N) is 3. The van der Waals surface area contributed by atoms with Crippen LogP contribution in [0.5, 0.6) is 0 Å². The molecule has 0 radical (unpaired) electrons. The highest BCUT2D eigenvalue weighted by molar-refractivity contribution is 7.92. The van der Waals surface area contributed by atoms with Crippen LogP contribution in [-0.2, 0) is 30.1 Å². The molecule has 206 valence electrons. The number of nitro benzene ring substituents is 1. The van der Waals surface area contributed by atoms with E-state index in [1.54, 1.807) is 0 Å². The van der Waals surface area contributed by atoms with E-state index in [-0.39, 0.29) is 36.5 Å². The summed E-state index contributed by atoms with van der Waals surface area (Å²) in [6.45, 7) is 1.26. The molecule has 1 aromatic rings. The zero-order valence-electron chi connectivity index (χ0n) is 20.0. The molecule has 1 heterocycles. The topological polar surface area (TPSA) is 192 Å². The van der Waals surface area contributed by atoms with Gasteiger partial charge in [0.25, 0.3) is 25.9 Å². The average molecular weight is 572 g/mol. The molecule has 0 amide bonds. The summed E-state index contributed by atoms with van der Waals surface area (Å²) in [5.41, 5.74) is -0.357. The van der Waals surface area contributed by atoms with Crippen molar-refractivity contribution in [1.82, 2.24) is 4.90 Å². The number of anilines is 1. The Balaban J connectivity index is 2.49. The minimum Gasteiger partial charge on any atom is -0.370 e. The Kier molecular flexibility index (Phi) is 10.6. The normalized spacial score (nSPS) is 16.9. The molecule has 0 aliphatic carbocycles. The first-order chi connectivity index (χ1) is 16.6. The molecule has 36 heavy (non-hydrogen) atoms. The SMILES string of the molecule is CN1CCCC(S(=O)(=O)c2cc([N+](=O)[O-])ccc2N(CCCS(=O)(=O)O)CCCS(=O)(=O)O)CCC1. The molecule has 1 fully saturated rings. The van der Waals surface area contributed by atoms with Crippen LogP contribution in [0.3, 0.4) is 0 Å². The van der Waals surface area contributed by atoms with Crippen molar-refractivity contribution in [2.45, 2.75) is 48.7 Å². The summed E-state index contributed by atoms with van der Waals surface area (Å²) < 4.78 is 90.4. The van der Waals surface area contributed by atoms with E-state index in [0.29, 0.717) is 38.8 Å². The summed E-state index contributed by atoms with van der Waals surface area (Å²) in [6, 6.07) is 3.36. The van der Waals surface area contributed by atoms with Gasteiger partial charge < -0.3 is 9.80 Å². The van der Waals surface area contributed by atoms with Crippen LogP contribution in [0, 0.1) is 10.1 Å². The summed E-state index contributed by atoms with van der Waals surface area (Å²) in [4.78, 5) is 14.0. The Morgan fingerprint density at radius 3 is 1.92 bits per heavy atom. The van der Waals surface area contributed by atoms with Gasteiger partial charge >= 0.3 is 0 Å². The molecule has 1 aliphatic rings. The van der Waals surface area contributed by atoms with Crippen molar-refractivity contribution < 1.29 is 39.3 Å². The van der Waals surface area contributed by atoms with E-state index in [0.717, 1.165) is 12.1 Å². The van der Waals surface area contributed by atoms with Crippen molar-refractivity contribution in [2.24, 2.45) is 0 Å². The van der Waals surface area contributed by atoms with Crippen LogP contribution in [-0.4, -0.2) is 94.2 Å². The molecule has 0 atom stereocenters. The van der Waals surface area contributed by atoms with E-state index in [9.17, 15) is 35.4 Å². The van der Waals surface area contributed by atoms with Crippen LogP contribution >= 0.6 is 0 Å². The monoisotopic (exact) mass is 571 g/mol. The Morgan fingerprint density at radius 1 is 0.972 bits per heavy atom. The largest absolute Gasteiger partial charge is 0.370 e. The van der Waals surface area contributed by atoms with E-state index in [1.165, 1.54) is 11.0 Å². The number of non-ortho nitro benzene ring substituents is 1. The number of hydrogen-bond donors (Lipinski definition) is 2. The minimum atomic E-state index is -4.31. The third kappa shape index (κ3) is 9.55. The Labute approximate surface area is 212 Å². The van der Waals surface area contributed by atoms with Crippen LogP contribution in [0.4, 0.5) is 11.4 Å². The van der Waals surface area contributed by atoms with Gasteiger partial charge in [-0.25, -0.2) is 8.42 Å². The second kappa shape index (κ2) is 12.6. The maximum absolute atomic E-state index is 13.8. The van der Waals surface area contributed by atoms with Gasteiger partial charge in [-0.05, 0) is 64.7 Å². The van der Waals surface area contributed by atoms with Crippen LogP contribution in [0.15, 0.2) is 23.1 Å². The molecule has 13 nitrogen and oxygen atoms in total. The molecular weight excluding hydrogens is 538 g/mol. The molecule has 0 bridgehead atoms. The maximum Gasteiger partial charge on any atom is 0.270 e. The molecule has 2 N–H and O–H groups in total.